The molecule has 3 N–H and O–H groups in total. The molecule has 4 rings (SSSR count). The number of aromatic hydroxyl groups is 1. The first-order valence-corrected chi connectivity index (χ1v) is 13.8. The summed E-state index contributed by atoms with van der Waals surface area (Å²) in [5.74, 6) is -0.958. The van der Waals surface area contributed by atoms with E-state index in [0.717, 1.165) is 6.42 Å². The highest BCUT2D eigenvalue weighted by atomic mass is 16.5. The molecule has 1 saturated heterocycles. The minimum atomic E-state index is -0.610. The molecule has 9 nitrogen and oxygen atoms in total. The van der Waals surface area contributed by atoms with Crippen molar-refractivity contribution in [3.8, 4) is 11.5 Å². The Balaban J connectivity index is 1.56. The summed E-state index contributed by atoms with van der Waals surface area (Å²) >= 11 is 0. The SMILES string of the molecule is CCC(CO)N(C(=O)c1ccccc1)C1CNCCCC1OC(=O)c1ccc(C(=O)c2cc(OC)ccc2O)cc1. The quantitative estimate of drug-likeness (QED) is 0.253. The second-order valence-electron chi connectivity index (χ2n) is 9.97. The number of carbonyl (C=O) groups excluding carboxylic acids is 3. The lowest BCUT2D eigenvalue weighted by atomic mass is 10.00. The lowest BCUT2D eigenvalue weighted by Crippen LogP contribution is -2.57. The fourth-order valence-corrected chi connectivity index (χ4v) is 5.09. The van der Waals surface area contributed by atoms with Crippen LogP contribution in [-0.4, -0.2) is 77.8 Å². The van der Waals surface area contributed by atoms with Gasteiger partial charge in [0.1, 0.15) is 17.6 Å². The van der Waals surface area contributed by atoms with Crippen LogP contribution >= 0.6 is 0 Å². The zero-order valence-corrected chi connectivity index (χ0v) is 23.3. The van der Waals surface area contributed by atoms with E-state index in [9.17, 15) is 24.6 Å². The van der Waals surface area contributed by atoms with E-state index in [2.05, 4.69) is 5.32 Å². The molecule has 1 aliphatic heterocycles. The van der Waals surface area contributed by atoms with Crippen LogP contribution in [0.25, 0.3) is 0 Å². The maximum atomic E-state index is 13.7. The molecule has 3 aromatic carbocycles. The molecule has 0 aliphatic carbocycles. The van der Waals surface area contributed by atoms with Crippen LogP contribution in [0.5, 0.6) is 11.5 Å². The molecule has 3 aromatic rings. The summed E-state index contributed by atoms with van der Waals surface area (Å²) < 4.78 is 11.2. The number of methoxy groups -OCH3 is 1. The molecule has 1 fully saturated rings. The highest BCUT2D eigenvalue weighted by Gasteiger charge is 2.38. The number of amides is 1. The second-order valence-corrected chi connectivity index (χ2v) is 9.97. The Kier molecular flexibility index (Phi) is 10.1. The van der Waals surface area contributed by atoms with E-state index < -0.39 is 29.9 Å². The number of nitrogens with one attached hydrogen (secondary N) is 1. The summed E-state index contributed by atoms with van der Waals surface area (Å²) in [6.45, 7) is 2.81. The van der Waals surface area contributed by atoms with Crippen LogP contribution in [-0.2, 0) is 4.74 Å². The lowest BCUT2D eigenvalue weighted by molar-refractivity contribution is -0.0143. The van der Waals surface area contributed by atoms with Crippen molar-refractivity contribution in [1.82, 2.24) is 10.2 Å². The molecule has 216 valence electrons. The van der Waals surface area contributed by atoms with E-state index in [-0.39, 0.29) is 35.0 Å². The zero-order valence-electron chi connectivity index (χ0n) is 23.3. The molecule has 0 spiro atoms. The van der Waals surface area contributed by atoms with E-state index in [1.807, 2.05) is 13.0 Å². The number of hydrogen-bond donors (Lipinski definition) is 3. The van der Waals surface area contributed by atoms with Gasteiger partial charge in [-0.3, -0.25) is 9.59 Å². The molecular formula is C32H36N2O7. The molecule has 9 heteroatoms. The van der Waals surface area contributed by atoms with Gasteiger partial charge in [0.15, 0.2) is 5.78 Å². The van der Waals surface area contributed by atoms with Crippen LogP contribution in [0.2, 0.25) is 0 Å². The third-order valence-corrected chi connectivity index (χ3v) is 7.40. The van der Waals surface area contributed by atoms with Gasteiger partial charge in [0, 0.05) is 17.7 Å². The molecule has 3 atom stereocenters. The van der Waals surface area contributed by atoms with Crippen LogP contribution in [0.3, 0.4) is 0 Å². The number of benzene rings is 3. The average Bonchev–Trinajstić information content (AvgIpc) is 3.24. The summed E-state index contributed by atoms with van der Waals surface area (Å²) in [5.41, 5.74) is 1.12. The van der Waals surface area contributed by atoms with Crippen molar-refractivity contribution < 1.29 is 34.1 Å². The summed E-state index contributed by atoms with van der Waals surface area (Å²) in [5, 5.41) is 23.7. The maximum Gasteiger partial charge on any atom is 0.338 e. The van der Waals surface area contributed by atoms with Crippen LogP contribution in [0, 0.1) is 0 Å². The number of rotatable bonds is 10. The number of carbonyl (C=O) groups is 3. The molecule has 0 aromatic heterocycles. The smallest absolute Gasteiger partial charge is 0.338 e. The van der Waals surface area contributed by atoms with Crippen LogP contribution < -0.4 is 10.1 Å². The van der Waals surface area contributed by atoms with Crippen molar-refractivity contribution in [3.63, 3.8) is 0 Å². The van der Waals surface area contributed by atoms with Gasteiger partial charge >= 0.3 is 5.97 Å². The molecule has 3 unspecified atom stereocenters. The topological polar surface area (TPSA) is 125 Å². The van der Waals surface area contributed by atoms with Crippen LogP contribution in [0.4, 0.5) is 0 Å². The Morgan fingerprint density at radius 2 is 1.71 bits per heavy atom. The van der Waals surface area contributed by atoms with Gasteiger partial charge in [-0.1, -0.05) is 37.3 Å². The number of hydrogen-bond acceptors (Lipinski definition) is 8. The molecule has 41 heavy (non-hydrogen) atoms. The van der Waals surface area contributed by atoms with E-state index in [1.54, 1.807) is 35.2 Å². The molecule has 0 saturated carbocycles. The van der Waals surface area contributed by atoms with Gasteiger partial charge in [-0.15, -0.1) is 0 Å². The first-order chi connectivity index (χ1) is 19.9. The summed E-state index contributed by atoms with van der Waals surface area (Å²) in [4.78, 5) is 41.6. The number of esters is 1. The predicted octanol–water partition coefficient (Wildman–Crippen LogP) is 3.82. The number of phenolic OH excluding ortho intramolecular Hbond substituents is 1. The molecule has 1 aliphatic rings. The number of phenols is 1. The minimum absolute atomic E-state index is 0.0889. The molecule has 0 radical (unpaired) electrons. The third-order valence-electron chi connectivity index (χ3n) is 7.40. The fraction of sp³-hybridized carbons (Fsp3) is 0.344. The number of aliphatic hydroxyl groups excluding tert-OH is 1. The Morgan fingerprint density at radius 3 is 2.37 bits per heavy atom. The predicted molar refractivity (Wildman–Crippen MR) is 153 cm³/mol. The van der Waals surface area contributed by atoms with Gasteiger partial charge in [-0.05, 0) is 68.3 Å². The number of ether oxygens (including phenoxy) is 2. The van der Waals surface area contributed by atoms with Crippen molar-refractivity contribution in [1.29, 1.82) is 0 Å². The minimum Gasteiger partial charge on any atom is -0.507 e. The zero-order chi connectivity index (χ0) is 29.4. The molecular weight excluding hydrogens is 524 g/mol. The Labute approximate surface area is 239 Å². The number of aliphatic hydroxyl groups is 1. The van der Waals surface area contributed by atoms with Crippen LogP contribution in [0.15, 0.2) is 72.8 Å². The van der Waals surface area contributed by atoms with Crippen LogP contribution in [0.1, 0.15) is 62.8 Å². The van der Waals surface area contributed by atoms with Crippen molar-refractivity contribution in [2.24, 2.45) is 0 Å². The van der Waals surface area contributed by atoms with Gasteiger partial charge in [0.25, 0.3) is 5.91 Å². The molecule has 1 amide bonds. The van der Waals surface area contributed by atoms with Crippen molar-refractivity contribution in [2.45, 2.75) is 44.4 Å². The molecule has 0 bridgehead atoms. The largest absolute Gasteiger partial charge is 0.507 e. The average molecular weight is 561 g/mol. The van der Waals surface area contributed by atoms with E-state index in [1.165, 1.54) is 43.5 Å². The number of ketones is 1. The fourth-order valence-electron chi connectivity index (χ4n) is 5.09. The monoisotopic (exact) mass is 560 g/mol. The first-order valence-electron chi connectivity index (χ1n) is 13.8. The van der Waals surface area contributed by atoms with Gasteiger partial charge < -0.3 is 29.9 Å². The standard InChI is InChI=1S/C32H36N2O7/c1-3-24(20-35)34(31(38)22-8-5-4-6-9-22)27-19-33-17-7-10-29(27)41-32(39)23-13-11-21(12-14-23)30(37)26-18-25(40-2)15-16-28(26)36/h4-6,8-9,11-16,18,24,27,29,33,35-36H,3,7,10,17,19-20H2,1-2H3. The van der Waals surface area contributed by atoms with E-state index >= 15 is 0 Å². The van der Waals surface area contributed by atoms with E-state index in [4.69, 9.17) is 9.47 Å². The maximum absolute atomic E-state index is 13.7. The lowest BCUT2D eigenvalue weighted by Gasteiger charge is -2.40. The summed E-state index contributed by atoms with van der Waals surface area (Å²) in [7, 11) is 1.47. The summed E-state index contributed by atoms with van der Waals surface area (Å²) in [6, 6.07) is 18.4. The summed E-state index contributed by atoms with van der Waals surface area (Å²) in [6.07, 6.45) is 1.20. The highest BCUT2D eigenvalue weighted by molar-refractivity contribution is 6.11. The van der Waals surface area contributed by atoms with Gasteiger partial charge in [-0.25, -0.2) is 4.79 Å². The van der Waals surface area contributed by atoms with Crippen molar-refractivity contribution in [3.05, 3.63) is 95.1 Å². The van der Waals surface area contributed by atoms with Crippen molar-refractivity contribution >= 4 is 17.7 Å². The van der Waals surface area contributed by atoms with Gasteiger partial charge in [0.05, 0.1) is 36.9 Å². The van der Waals surface area contributed by atoms with Gasteiger partial charge in [-0.2, -0.15) is 0 Å². The third kappa shape index (κ3) is 6.93. The highest BCUT2D eigenvalue weighted by Crippen LogP contribution is 2.27. The first kappa shape index (κ1) is 29.8. The molecule has 1 heterocycles. The normalized spacial score (nSPS) is 17.6. The van der Waals surface area contributed by atoms with Gasteiger partial charge in [0.2, 0.25) is 0 Å². The van der Waals surface area contributed by atoms with E-state index in [0.29, 0.717) is 37.2 Å². The van der Waals surface area contributed by atoms with Crippen molar-refractivity contribution in [2.75, 3.05) is 26.8 Å². The second kappa shape index (κ2) is 13.9. The number of nitrogens with zero attached hydrogens (tertiary/aromatic N) is 1. The Morgan fingerprint density at radius 1 is 1.00 bits per heavy atom. The Bertz CT molecular complexity index is 1340. The Hall–Kier alpha value is -4.21.